The van der Waals surface area contributed by atoms with Crippen LogP contribution in [0.2, 0.25) is 0 Å². The number of nitrogens with one attached hydrogen (secondary N) is 1. The number of hydrogen-bond donors (Lipinski definition) is 1. The highest BCUT2D eigenvalue weighted by Gasteiger charge is 2.10. The summed E-state index contributed by atoms with van der Waals surface area (Å²) in [5.41, 5.74) is 0.470. The topological polar surface area (TPSA) is 35.8 Å². The number of rotatable bonds is 4. The van der Waals surface area contributed by atoms with Gasteiger partial charge in [0, 0.05) is 0 Å². The predicted octanol–water partition coefficient (Wildman–Crippen LogP) is 2.91. The number of terminal acetylenes is 1. The van der Waals surface area contributed by atoms with Crippen molar-refractivity contribution in [2.75, 3.05) is 5.32 Å². The monoisotopic (exact) mass is 216 g/mol. The van der Waals surface area contributed by atoms with Crippen molar-refractivity contribution in [3.05, 3.63) is 29.6 Å². The summed E-state index contributed by atoms with van der Waals surface area (Å²) in [5.74, 6) is 2.05. The third-order valence-corrected chi connectivity index (χ3v) is 2.23. The smallest absolute Gasteiger partial charge is 0.143 e. The van der Waals surface area contributed by atoms with Crippen LogP contribution < -0.4 is 5.32 Å². The Labute approximate surface area is 95.1 Å². The molecule has 1 N–H and O–H groups in total. The zero-order valence-corrected chi connectivity index (χ0v) is 9.13. The van der Waals surface area contributed by atoms with Crippen LogP contribution in [0.25, 0.3) is 0 Å². The Morgan fingerprint density at radius 3 is 2.88 bits per heavy atom. The molecule has 0 saturated heterocycles. The van der Waals surface area contributed by atoms with Gasteiger partial charge in [-0.05, 0) is 18.6 Å². The molecule has 0 aliphatic heterocycles. The average Bonchev–Trinajstić information content (AvgIpc) is 2.28. The van der Waals surface area contributed by atoms with Gasteiger partial charge in [0.25, 0.3) is 0 Å². The van der Waals surface area contributed by atoms with Crippen LogP contribution in [0.5, 0.6) is 0 Å². The van der Waals surface area contributed by atoms with E-state index in [9.17, 15) is 4.39 Å². The lowest BCUT2D eigenvalue weighted by molar-refractivity contribution is 0.624. The van der Waals surface area contributed by atoms with Crippen molar-refractivity contribution in [2.45, 2.75) is 25.8 Å². The van der Waals surface area contributed by atoms with Crippen molar-refractivity contribution in [3.63, 3.8) is 0 Å². The molecule has 0 amide bonds. The summed E-state index contributed by atoms with van der Waals surface area (Å²) in [4.78, 5) is 0. The first-order valence-corrected chi connectivity index (χ1v) is 5.14. The number of benzene rings is 1. The summed E-state index contributed by atoms with van der Waals surface area (Å²) < 4.78 is 13.3. The summed E-state index contributed by atoms with van der Waals surface area (Å²) in [6, 6.07) is 6.13. The quantitative estimate of drug-likeness (QED) is 0.785. The maximum absolute atomic E-state index is 13.3. The highest BCUT2D eigenvalue weighted by Crippen LogP contribution is 2.19. The second-order valence-electron chi connectivity index (χ2n) is 3.43. The molecule has 82 valence electrons. The van der Waals surface area contributed by atoms with E-state index in [1.165, 1.54) is 6.07 Å². The molecule has 16 heavy (non-hydrogen) atoms. The number of hydrogen-bond acceptors (Lipinski definition) is 2. The Hall–Kier alpha value is -2.00. The average molecular weight is 216 g/mol. The van der Waals surface area contributed by atoms with Crippen LogP contribution in [0.4, 0.5) is 10.1 Å². The van der Waals surface area contributed by atoms with E-state index in [-0.39, 0.29) is 11.6 Å². The van der Waals surface area contributed by atoms with Gasteiger partial charge < -0.3 is 5.32 Å². The van der Waals surface area contributed by atoms with E-state index in [0.29, 0.717) is 5.69 Å². The summed E-state index contributed by atoms with van der Waals surface area (Å²) in [5, 5.41) is 11.8. The van der Waals surface area contributed by atoms with Gasteiger partial charge in [-0.15, -0.1) is 6.42 Å². The summed E-state index contributed by atoms with van der Waals surface area (Å²) in [7, 11) is 0. The van der Waals surface area contributed by atoms with E-state index in [0.717, 1.165) is 12.8 Å². The first-order chi connectivity index (χ1) is 7.72. The van der Waals surface area contributed by atoms with Crippen molar-refractivity contribution in [1.29, 1.82) is 5.26 Å². The second kappa shape index (κ2) is 5.78. The van der Waals surface area contributed by atoms with E-state index in [1.807, 2.05) is 13.0 Å². The van der Waals surface area contributed by atoms with Crippen LogP contribution in [0.1, 0.15) is 25.3 Å². The summed E-state index contributed by atoms with van der Waals surface area (Å²) in [6.07, 6.45) is 7.07. The van der Waals surface area contributed by atoms with Gasteiger partial charge in [0.15, 0.2) is 0 Å². The molecule has 0 aliphatic rings. The molecule has 1 atom stereocenters. The first-order valence-electron chi connectivity index (χ1n) is 5.14. The minimum absolute atomic E-state index is 0.0128. The van der Waals surface area contributed by atoms with E-state index in [2.05, 4.69) is 11.2 Å². The Morgan fingerprint density at radius 1 is 1.56 bits per heavy atom. The van der Waals surface area contributed by atoms with Gasteiger partial charge in [0.2, 0.25) is 0 Å². The molecule has 0 heterocycles. The summed E-state index contributed by atoms with van der Waals surface area (Å²) >= 11 is 0. The molecule has 0 radical (unpaired) electrons. The molecule has 0 fully saturated rings. The van der Waals surface area contributed by atoms with Gasteiger partial charge >= 0.3 is 0 Å². The van der Waals surface area contributed by atoms with Crippen LogP contribution in [-0.4, -0.2) is 6.04 Å². The van der Waals surface area contributed by atoms with Crippen molar-refractivity contribution >= 4 is 5.69 Å². The zero-order chi connectivity index (χ0) is 12.0. The molecule has 1 aromatic rings. The Kier molecular flexibility index (Phi) is 4.36. The number of halogens is 1. The molecular weight excluding hydrogens is 203 g/mol. The maximum Gasteiger partial charge on any atom is 0.143 e. The predicted molar refractivity (Wildman–Crippen MR) is 62.3 cm³/mol. The van der Waals surface area contributed by atoms with Crippen LogP contribution in [0, 0.1) is 29.5 Å². The molecule has 1 rings (SSSR count). The molecular formula is C13H13FN2. The zero-order valence-electron chi connectivity index (χ0n) is 9.13. The SMILES string of the molecule is C#CC(CCC)Nc1cccc(F)c1C#N. The van der Waals surface area contributed by atoms with Crippen LogP contribution in [0.15, 0.2) is 18.2 Å². The van der Waals surface area contributed by atoms with Crippen LogP contribution >= 0.6 is 0 Å². The minimum atomic E-state index is -0.528. The van der Waals surface area contributed by atoms with Crippen LogP contribution in [-0.2, 0) is 0 Å². The fourth-order valence-electron chi connectivity index (χ4n) is 1.43. The summed E-state index contributed by atoms with van der Waals surface area (Å²) in [6.45, 7) is 2.02. The van der Waals surface area contributed by atoms with Gasteiger partial charge in [-0.1, -0.05) is 25.3 Å². The molecule has 0 spiro atoms. The third-order valence-electron chi connectivity index (χ3n) is 2.23. The van der Waals surface area contributed by atoms with Crippen molar-refractivity contribution in [1.82, 2.24) is 0 Å². The fraction of sp³-hybridized carbons (Fsp3) is 0.308. The Bertz CT molecular complexity index is 440. The normalized spacial score (nSPS) is 11.2. The highest BCUT2D eigenvalue weighted by atomic mass is 19.1. The van der Waals surface area contributed by atoms with Gasteiger partial charge in [0.05, 0.1) is 11.7 Å². The lowest BCUT2D eigenvalue weighted by Gasteiger charge is -2.14. The van der Waals surface area contributed by atoms with E-state index < -0.39 is 5.82 Å². The number of anilines is 1. The number of nitrogens with zero attached hydrogens (tertiary/aromatic N) is 1. The molecule has 0 aromatic heterocycles. The molecule has 1 unspecified atom stereocenters. The third kappa shape index (κ3) is 2.74. The molecule has 1 aromatic carbocycles. The standard InChI is InChI=1S/C13H13FN2/c1-3-6-10(4-2)16-13-8-5-7-12(14)11(13)9-15/h2,5,7-8,10,16H,3,6H2,1H3. The van der Waals surface area contributed by atoms with Gasteiger partial charge in [0.1, 0.15) is 17.4 Å². The molecule has 0 bridgehead atoms. The lowest BCUT2D eigenvalue weighted by Crippen LogP contribution is -2.17. The molecule has 0 saturated carbocycles. The molecule has 3 heteroatoms. The van der Waals surface area contributed by atoms with Gasteiger partial charge in [-0.3, -0.25) is 0 Å². The fourth-order valence-corrected chi connectivity index (χ4v) is 1.43. The van der Waals surface area contributed by atoms with Gasteiger partial charge in [-0.2, -0.15) is 5.26 Å². The maximum atomic E-state index is 13.3. The van der Waals surface area contributed by atoms with Crippen molar-refractivity contribution < 1.29 is 4.39 Å². The van der Waals surface area contributed by atoms with Crippen molar-refractivity contribution in [2.24, 2.45) is 0 Å². The highest BCUT2D eigenvalue weighted by molar-refractivity contribution is 5.59. The molecule has 0 aliphatic carbocycles. The number of nitriles is 1. The van der Waals surface area contributed by atoms with Crippen LogP contribution in [0.3, 0.4) is 0 Å². The lowest BCUT2D eigenvalue weighted by atomic mass is 10.1. The largest absolute Gasteiger partial charge is 0.370 e. The second-order valence-corrected chi connectivity index (χ2v) is 3.43. The Morgan fingerprint density at radius 2 is 2.31 bits per heavy atom. The van der Waals surface area contributed by atoms with E-state index >= 15 is 0 Å². The van der Waals surface area contributed by atoms with E-state index in [4.69, 9.17) is 11.7 Å². The van der Waals surface area contributed by atoms with E-state index in [1.54, 1.807) is 12.1 Å². The van der Waals surface area contributed by atoms with Gasteiger partial charge in [-0.25, -0.2) is 4.39 Å². The minimum Gasteiger partial charge on any atom is -0.370 e. The Balaban J connectivity index is 2.93. The van der Waals surface area contributed by atoms with Crippen molar-refractivity contribution in [3.8, 4) is 18.4 Å². The molecule has 2 nitrogen and oxygen atoms in total. The first kappa shape index (κ1) is 12.1.